The Bertz CT molecular complexity index is 212. The maximum absolute atomic E-state index is 9.87. The van der Waals surface area contributed by atoms with E-state index in [1.165, 1.54) is 0 Å². The number of aliphatic hydroxyl groups excluding tert-OH is 3. The Hall–Kier alpha value is -0.160. The van der Waals surface area contributed by atoms with Crippen molar-refractivity contribution in [3.8, 4) is 0 Å². The SMILES string of the molecule is CC[C@H]1CN2CC[C@H](O)[C@@H]2[C@@H](O)[C@@H]1O. The average molecular weight is 201 g/mol. The average Bonchev–Trinajstić information content (AvgIpc) is 2.54. The van der Waals surface area contributed by atoms with Crippen LogP contribution < -0.4 is 0 Å². The van der Waals surface area contributed by atoms with Crippen molar-refractivity contribution in [1.82, 2.24) is 4.90 Å². The second kappa shape index (κ2) is 3.77. The van der Waals surface area contributed by atoms with Crippen LogP contribution in [-0.4, -0.2) is 57.7 Å². The van der Waals surface area contributed by atoms with Crippen molar-refractivity contribution in [3.63, 3.8) is 0 Å². The number of fused-ring (bicyclic) bond motifs is 1. The lowest BCUT2D eigenvalue weighted by atomic mass is 9.85. The Morgan fingerprint density at radius 3 is 2.57 bits per heavy atom. The summed E-state index contributed by atoms with van der Waals surface area (Å²) in [6, 6.07) is -0.243. The molecule has 0 radical (unpaired) electrons. The van der Waals surface area contributed by atoms with Crippen LogP contribution in [0.3, 0.4) is 0 Å². The van der Waals surface area contributed by atoms with Crippen LogP contribution in [0.15, 0.2) is 0 Å². The van der Waals surface area contributed by atoms with Crippen LogP contribution in [0.1, 0.15) is 19.8 Å². The highest BCUT2D eigenvalue weighted by Gasteiger charge is 2.47. The molecule has 0 aromatic carbocycles. The van der Waals surface area contributed by atoms with Crippen molar-refractivity contribution in [2.75, 3.05) is 13.1 Å². The Labute approximate surface area is 84.2 Å². The smallest absolute Gasteiger partial charge is 0.0982 e. The minimum absolute atomic E-state index is 0.145. The molecule has 3 N–H and O–H groups in total. The van der Waals surface area contributed by atoms with Crippen molar-refractivity contribution in [2.24, 2.45) is 5.92 Å². The van der Waals surface area contributed by atoms with E-state index in [0.717, 1.165) is 19.5 Å². The molecule has 0 aliphatic carbocycles. The number of hydrogen-bond acceptors (Lipinski definition) is 4. The van der Waals surface area contributed by atoms with Crippen LogP contribution in [0.25, 0.3) is 0 Å². The lowest BCUT2D eigenvalue weighted by molar-refractivity contribution is -0.115. The molecule has 82 valence electrons. The first-order chi connectivity index (χ1) is 6.65. The summed E-state index contributed by atoms with van der Waals surface area (Å²) in [7, 11) is 0. The minimum atomic E-state index is -0.786. The Kier molecular flexibility index (Phi) is 2.79. The van der Waals surface area contributed by atoms with Crippen LogP contribution in [0.4, 0.5) is 0 Å². The topological polar surface area (TPSA) is 63.9 Å². The summed E-state index contributed by atoms with van der Waals surface area (Å²) in [6.07, 6.45) is -0.347. The standard InChI is InChI=1S/C10H19NO3/c1-2-6-5-11-4-3-7(12)8(11)10(14)9(6)13/h6-10,12-14H,2-5H2,1H3/t6-,7-,8+,9+,10+/m0/s1. The van der Waals surface area contributed by atoms with Gasteiger partial charge in [-0.2, -0.15) is 0 Å². The Balaban J connectivity index is 2.13. The molecule has 4 heteroatoms. The monoisotopic (exact) mass is 201 g/mol. The van der Waals surface area contributed by atoms with Crippen LogP contribution in [0.5, 0.6) is 0 Å². The summed E-state index contributed by atoms with van der Waals surface area (Å²) in [5.74, 6) is 0.145. The first kappa shape index (κ1) is 10.4. The van der Waals surface area contributed by atoms with Crippen LogP contribution in [-0.2, 0) is 0 Å². The summed E-state index contributed by atoms with van der Waals surface area (Å²) >= 11 is 0. The summed E-state index contributed by atoms with van der Waals surface area (Å²) in [5.41, 5.74) is 0. The minimum Gasteiger partial charge on any atom is -0.391 e. The van der Waals surface area contributed by atoms with Crippen LogP contribution >= 0.6 is 0 Å². The van der Waals surface area contributed by atoms with E-state index in [0.29, 0.717) is 6.42 Å². The lowest BCUT2D eigenvalue weighted by Gasteiger charge is -2.42. The molecule has 0 unspecified atom stereocenters. The van der Waals surface area contributed by atoms with Gasteiger partial charge in [-0.15, -0.1) is 0 Å². The molecule has 0 amide bonds. The maximum Gasteiger partial charge on any atom is 0.0982 e. The predicted molar refractivity (Wildman–Crippen MR) is 51.8 cm³/mol. The molecule has 0 bridgehead atoms. The van der Waals surface area contributed by atoms with Gasteiger partial charge in [-0.3, -0.25) is 4.90 Å². The quantitative estimate of drug-likeness (QED) is 0.519. The molecule has 0 aromatic heterocycles. The summed E-state index contributed by atoms with van der Waals surface area (Å²) < 4.78 is 0. The largest absolute Gasteiger partial charge is 0.391 e. The van der Waals surface area contributed by atoms with Gasteiger partial charge in [-0.05, 0) is 18.8 Å². The third kappa shape index (κ3) is 1.46. The Morgan fingerprint density at radius 1 is 1.21 bits per heavy atom. The van der Waals surface area contributed by atoms with Crippen LogP contribution in [0, 0.1) is 5.92 Å². The number of piperidine rings is 1. The molecular weight excluding hydrogens is 182 g/mol. The number of hydrogen-bond donors (Lipinski definition) is 3. The van der Waals surface area contributed by atoms with Crippen molar-refractivity contribution in [2.45, 2.75) is 44.1 Å². The van der Waals surface area contributed by atoms with E-state index in [9.17, 15) is 15.3 Å². The zero-order valence-electron chi connectivity index (χ0n) is 8.50. The number of nitrogens with zero attached hydrogens (tertiary/aromatic N) is 1. The van der Waals surface area contributed by atoms with Gasteiger partial charge in [0, 0.05) is 13.1 Å². The maximum atomic E-state index is 9.87. The third-order valence-corrected chi connectivity index (χ3v) is 3.70. The molecule has 2 rings (SSSR count). The van der Waals surface area contributed by atoms with E-state index in [4.69, 9.17) is 0 Å². The molecule has 4 nitrogen and oxygen atoms in total. The van der Waals surface area contributed by atoms with E-state index < -0.39 is 18.3 Å². The zero-order chi connectivity index (χ0) is 10.3. The summed E-state index contributed by atoms with van der Waals surface area (Å²) in [5, 5.41) is 29.3. The molecule has 2 heterocycles. The van der Waals surface area contributed by atoms with Gasteiger partial charge in [-0.1, -0.05) is 6.92 Å². The molecule has 2 fully saturated rings. The normalized spacial score (nSPS) is 49.3. The highest BCUT2D eigenvalue weighted by Crippen LogP contribution is 2.31. The lowest BCUT2D eigenvalue weighted by Crippen LogP contribution is -2.59. The van der Waals surface area contributed by atoms with Gasteiger partial charge in [0.2, 0.25) is 0 Å². The highest BCUT2D eigenvalue weighted by atomic mass is 16.3. The molecule has 2 aliphatic rings. The summed E-state index contributed by atoms with van der Waals surface area (Å²) in [6.45, 7) is 3.66. The Morgan fingerprint density at radius 2 is 1.93 bits per heavy atom. The summed E-state index contributed by atoms with van der Waals surface area (Å²) in [4.78, 5) is 2.11. The molecule has 14 heavy (non-hydrogen) atoms. The molecule has 0 saturated carbocycles. The van der Waals surface area contributed by atoms with Crippen molar-refractivity contribution >= 4 is 0 Å². The molecule has 0 aromatic rings. The van der Waals surface area contributed by atoms with Crippen LogP contribution in [0.2, 0.25) is 0 Å². The number of rotatable bonds is 1. The first-order valence-corrected chi connectivity index (χ1v) is 5.43. The second-order valence-electron chi connectivity index (χ2n) is 4.49. The fraction of sp³-hybridized carbons (Fsp3) is 1.00. The van der Waals surface area contributed by atoms with Crippen molar-refractivity contribution < 1.29 is 15.3 Å². The fourth-order valence-electron chi connectivity index (χ4n) is 2.78. The van der Waals surface area contributed by atoms with Gasteiger partial charge in [-0.25, -0.2) is 0 Å². The van der Waals surface area contributed by atoms with E-state index in [1.54, 1.807) is 0 Å². The highest BCUT2D eigenvalue weighted by molar-refractivity contribution is 5.00. The number of aliphatic hydroxyl groups is 3. The van der Waals surface area contributed by atoms with Gasteiger partial charge in [0.1, 0.15) is 0 Å². The van der Waals surface area contributed by atoms with Gasteiger partial charge in [0.25, 0.3) is 0 Å². The van der Waals surface area contributed by atoms with Gasteiger partial charge in [0.05, 0.1) is 24.4 Å². The van der Waals surface area contributed by atoms with Crippen molar-refractivity contribution in [1.29, 1.82) is 0 Å². The van der Waals surface area contributed by atoms with E-state index >= 15 is 0 Å². The molecule has 2 saturated heterocycles. The van der Waals surface area contributed by atoms with E-state index in [-0.39, 0.29) is 12.0 Å². The van der Waals surface area contributed by atoms with Crippen molar-refractivity contribution in [3.05, 3.63) is 0 Å². The zero-order valence-corrected chi connectivity index (χ0v) is 8.50. The van der Waals surface area contributed by atoms with Gasteiger partial charge in [0.15, 0.2) is 0 Å². The molecular formula is C10H19NO3. The second-order valence-corrected chi connectivity index (χ2v) is 4.49. The molecule has 0 spiro atoms. The molecule has 5 atom stereocenters. The van der Waals surface area contributed by atoms with E-state index in [1.807, 2.05) is 6.92 Å². The van der Waals surface area contributed by atoms with Gasteiger partial charge >= 0.3 is 0 Å². The third-order valence-electron chi connectivity index (χ3n) is 3.70. The fourth-order valence-corrected chi connectivity index (χ4v) is 2.78. The van der Waals surface area contributed by atoms with E-state index in [2.05, 4.69) is 4.90 Å². The first-order valence-electron chi connectivity index (χ1n) is 5.43. The van der Waals surface area contributed by atoms with Gasteiger partial charge < -0.3 is 15.3 Å². The predicted octanol–water partition coefficient (Wildman–Crippen LogP) is -0.817. The molecule has 2 aliphatic heterocycles.